The zero-order valence-electron chi connectivity index (χ0n) is 11.6. The van der Waals surface area contributed by atoms with Crippen molar-refractivity contribution in [2.45, 2.75) is 20.5 Å². The molecule has 0 aliphatic heterocycles. The Bertz CT molecular complexity index is 398. The molecule has 0 fully saturated rings. The van der Waals surface area contributed by atoms with Crippen LogP contribution in [0.3, 0.4) is 0 Å². The number of carbonyl (C=O) groups is 1. The van der Waals surface area contributed by atoms with Crippen LogP contribution in [0.25, 0.3) is 0 Å². The highest BCUT2D eigenvalue weighted by atomic mass is 16.5. The average Bonchev–Trinajstić information content (AvgIpc) is 2.37. The first-order valence-electron chi connectivity index (χ1n) is 6.53. The van der Waals surface area contributed by atoms with E-state index in [1.165, 1.54) is 0 Å². The Kier molecular flexibility index (Phi) is 6.30. The van der Waals surface area contributed by atoms with Crippen LogP contribution in [0.15, 0.2) is 43.0 Å². The van der Waals surface area contributed by atoms with Crippen molar-refractivity contribution in [3.63, 3.8) is 0 Å². The van der Waals surface area contributed by atoms with Gasteiger partial charge in [0, 0.05) is 5.92 Å². The minimum atomic E-state index is -0.789. The number of carboxylic acid groups (broad SMARTS) is 1. The molecule has 2 atom stereocenters. The van der Waals surface area contributed by atoms with E-state index in [0.29, 0.717) is 13.2 Å². The average molecular weight is 262 g/mol. The van der Waals surface area contributed by atoms with Crippen molar-refractivity contribution in [1.82, 2.24) is 0 Å². The van der Waals surface area contributed by atoms with E-state index >= 15 is 0 Å². The molecular formula is C16H22O3. The molecule has 0 spiro atoms. The lowest BCUT2D eigenvalue weighted by molar-refractivity contribution is -0.145. The number of ether oxygens (including phenoxy) is 1. The van der Waals surface area contributed by atoms with E-state index in [2.05, 4.69) is 6.58 Å². The second-order valence-corrected chi connectivity index (χ2v) is 5.01. The molecule has 1 rings (SSSR count). The van der Waals surface area contributed by atoms with E-state index in [9.17, 15) is 9.90 Å². The summed E-state index contributed by atoms with van der Waals surface area (Å²) in [5.74, 6) is -1.35. The molecule has 0 amide bonds. The van der Waals surface area contributed by atoms with Crippen molar-refractivity contribution in [3.05, 3.63) is 48.6 Å². The van der Waals surface area contributed by atoms with Gasteiger partial charge in [-0.15, -0.1) is 6.58 Å². The number of hydrogen-bond acceptors (Lipinski definition) is 2. The lowest BCUT2D eigenvalue weighted by Crippen LogP contribution is -2.30. The van der Waals surface area contributed by atoms with E-state index in [0.717, 1.165) is 5.56 Å². The van der Waals surface area contributed by atoms with Crippen molar-refractivity contribution in [2.24, 2.45) is 17.8 Å². The predicted molar refractivity (Wildman–Crippen MR) is 75.7 cm³/mol. The van der Waals surface area contributed by atoms with Crippen molar-refractivity contribution >= 4 is 5.97 Å². The Labute approximate surface area is 114 Å². The molecule has 0 saturated heterocycles. The third kappa shape index (κ3) is 4.87. The summed E-state index contributed by atoms with van der Waals surface area (Å²) in [7, 11) is 0. The second-order valence-electron chi connectivity index (χ2n) is 5.01. The summed E-state index contributed by atoms with van der Waals surface area (Å²) in [6, 6.07) is 9.84. The van der Waals surface area contributed by atoms with E-state index in [1.54, 1.807) is 6.08 Å². The Morgan fingerprint density at radius 3 is 2.47 bits per heavy atom. The third-order valence-corrected chi connectivity index (χ3v) is 3.19. The van der Waals surface area contributed by atoms with Crippen LogP contribution in [0.4, 0.5) is 0 Å². The zero-order valence-corrected chi connectivity index (χ0v) is 11.6. The second kappa shape index (κ2) is 7.74. The minimum Gasteiger partial charge on any atom is -0.481 e. The van der Waals surface area contributed by atoms with Gasteiger partial charge in [-0.3, -0.25) is 4.79 Å². The standard InChI is InChI=1S/C16H22O3/c1-4-14(15(12(2)3)16(17)18)11-19-10-13-8-6-5-7-9-13/h4-9,12,14-15H,1,10-11H2,2-3H3,(H,17,18)/t14-,15?/m0/s1. The highest BCUT2D eigenvalue weighted by molar-refractivity contribution is 5.71. The van der Waals surface area contributed by atoms with Crippen molar-refractivity contribution < 1.29 is 14.6 Å². The third-order valence-electron chi connectivity index (χ3n) is 3.19. The van der Waals surface area contributed by atoms with Crippen molar-refractivity contribution in [1.29, 1.82) is 0 Å². The van der Waals surface area contributed by atoms with Crippen LogP contribution in [-0.4, -0.2) is 17.7 Å². The quantitative estimate of drug-likeness (QED) is 0.731. The molecule has 104 valence electrons. The van der Waals surface area contributed by atoms with Gasteiger partial charge in [0.25, 0.3) is 0 Å². The first kappa shape index (κ1) is 15.4. The molecule has 0 saturated carbocycles. The first-order chi connectivity index (χ1) is 9.06. The van der Waals surface area contributed by atoms with Gasteiger partial charge < -0.3 is 9.84 Å². The van der Waals surface area contributed by atoms with Gasteiger partial charge in [-0.1, -0.05) is 50.3 Å². The van der Waals surface area contributed by atoms with Crippen LogP contribution in [-0.2, 0) is 16.1 Å². The van der Waals surface area contributed by atoms with Crippen molar-refractivity contribution in [2.75, 3.05) is 6.61 Å². The molecule has 1 unspecified atom stereocenters. The summed E-state index contributed by atoms with van der Waals surface area (Å²) >= 11 is 0. The summed E-state index contributed by atoms with van der Waals surface area (Å²) in [6.45, 7) is 8.43. The van der Waals surface area contributed by atoms with Crippen LogP contribution in [0.5, 0.6) is 0 Å². The summed E-state index contributed by atoms with van der Waals surface area (Å²) in [5.41, 5.74) is 1.08. The molecule has 1 aromatic carbocycles. The lowest BCUT2D eigenvalue weighted by Gasteiger charge is -2.24. The molecule has 1 N–H and O–H groups in total. The highest BCUT2D eigenvalue weighted by Gasteiger charge is 2.29. The highest BCUT2D eigenvalue weighted by Crippen LogP contribution is 2.23. The van der Waals surface area contributed by atoms with Gasteiger partial charge in [0.2, 0.25) is 0 Å². The molecule has 3 nitrogen and oxygen atoms in total. The summed E-state index contributed by atoms with van der Waals surface area (Å²) in [6.07, 6.45) is 1.68. The molecule has 0 aromatic heterocycles. The molecule has 1 aromatic rings. The van der Waals surface area contributed by atoms with Crippen LogP contribution in [0, 0.1) is 17.8 Å². The van der Waals surface area contributed by atoms with Gasteiger partial charge in [0.05, 0.1) is 19.1 Å². The SMILES string of the molecule is C=C[C@@H](COCc1ccccc1)C(C(=O)O)C(C)C. The molecule has 19 heavy (non-hydrogen) atoms. The maximum Gasteiger partial charge on any atom is 0.307 e. The fourth-order valence-corrected chi connectivity index (χ4v) is 2.17. The van der Waals surface area contributed by atoms with E-state index < -0.39 is 11.9 Å². The van der Waals surface area contributed by atoms with E-state index in [1.807, 2.05) is 44.2 Å². The predicted octanol–water partition coefficient (Wildman–Crippen LogP) is 3.36. The van der Waals surface area contributed by atoms with Crippen LogP contribution in [0.2, 0.25) is 0 Å². The smallest absolute Gasteiger partial charge is 0.307 e. The Hall–Kier alpha value is -1.61. The Morgan fingerprint density at radius 2 is 2.00 bits per heavy atom. The Morgan fingerprint density at radius 1 is 1.37 bits per heavy atom. The lowest BCUT2D eigenvalue weighted by atomic mass is 9.84. The molecule has 0 radical (unpaired) electrons. The van der Waals surface area contributed by atoms with Gasteiger partial charge >= 0.3 is 5.97 Å². The fourth-order valence-electron chi connectivity index (χ4n) is 2.17. The van der Waals surface area contributed by atoms with Gasteiger partial charge in [0.15, 0.2) is 0 Å². The molecular weight excluding hydrogens is 240 g/mol. The largest absolute Gasteiger partial charge is 0.481 e. The minimum absolute atomic E-state index is 0.0563. The number of aliphatic carboxylic acids is 1. The monoisotopic (exact) mass is 262 g/mol. The van der Waals surface area contributed by atoms with Gasteiger partial charge in [0.1, 0.15) is 0 Å². The topological polar surface area (TPSA) is 46.5 Å². The number of rotatable bonds is 8. The zero-order chi connectivity index (χ0) is 14.3. The molecule has 0 heterocycles. The fraction of sp³-hybridized carbons (Fsp3) is 0.438. The first-order valence-corrected chi connectivity index (χ1v) is 6.53. The summed E-state index contributed by atoms with van der Waals surface area (Å²) in [4.78, 5) is 11.3. The molecule has 0 bridgehead atoms. The van der Waals surface area contributed by atoms with Crippen LogP contribution in [0.1, 0.15) is 19.4 Å². The number of carboxylic acids is 1. The summed E-state index contributed by atoms with van der Waals surface area (Å²) < 4.78 is 5.62. The van der Waals surface area contributed by atoms with E-state index in [-0.39, 0.29) is 11.8 Å². The van der Waals surface area contributed by atoms with Gasteiger partial charge in [-0.2, -0.15) is 0 Å². The normalized spacial score (nSPS) is 14.1. The van der Waals surface area contributed by atoms with Crippen LogP contribution >= 0.6 is 0 Å². The van der Waals surface area contributed by atoms with Gasteiger partial charge in [-0.25, -0.2) is 0 Å². The van der Waals surface area contributed by atoms with Crippen LogP contribution < -0.4 is 0 Å². The van der Waals surface area contributed by atoms with Crippen molar-refractivity contribution in [3.8, 4) is 0 Å². The number of benzene rings is 1. The molecule has 3 heteroatoms. The van der Waals surface area contributed by atoms with E-state index in [4.69, 9.17) is 4.74 Å². The maximum absolute atomic E-state index is 11.3. The Balaban J connectivity index is 2.52. The molecule has 0 aliphatic carbocycles. The summed E-state index contributed by atoms with van der Waals surface area (Å²) in [5, 5.41) is 9.26. The van der Waals surface area contributed by atoms with Gasteiger partial charge in [-0.05, 0) is 11.5 Å². The maximum atomic E-state index is 11.3. The molecule has 0 aliphatic rings. The number of hydrogen-bond donors (Lipinski definition) is 1.